The average Bonchev–Trinajstić information content (AvgIpc) is 2.58. The van der Waals surface area contributed by atoms with Crippen LogP contribution < -0.4 is 10.6 Å². The van der Waals surface area contributed by atoms with Crippen LogP contribution in [-0.2, 0) is 0 Å². The van der Waals surface area contributed by atoms with Crippen molar-refractivity contribution in [1.82, 2.24) is 15.3 Å². The largest absolute Gasteiger partial charge is 0.368 e. The first-order chi connectivity index (χ1) is 11.6. The van der Waals surface area contributed by atoms with Crippen LogP contribution in [0.4, 0.5) is 10.2 Å². The molecule has 0 aliphatic rings. The van der Waals surface area contributed by atoms with Crippen LogP contribution in [0, 0.1) is 5.82 Å². The minimum Gasteiger partial charge on any atom is -0.368 e. The standard InChI is InChI=1S/C17H14ClFN4O/c18-11-5-6-13-15(9-11)22-10-23-16(13)20-7-8-21-17(24)12-3-1-2-4-14(12)19/h1-6,9-10H,7-8H2,(H,21,24)(H,20,22,23). The second-order valence-corrected chi connectivity index (χ2v) is 5.48. The zero-order valence-corrected chi connectivity index (χ0v) is 13.3. The van der Waals surface area contributed by atoms with E-state index in [9.17, 15) is 9.18 Å². The lowest BCUT2D eigenvalue weighted by atomic mass is 10.2. The number of hydrogen-bond acceptors (Lipinski definition) is 4. The first-order valence-electron chi connectivity index (χ1n) is 7.32. The normalized spacial score (nSPS) is 10.6. The quantitative estimate of drug-likeness (QED) is 0.697. The van der Waals surface area contributed by atoms with Crippen LogP contribution in [0.25, 0.3) is 10.9 Å². The molecule has 2 aromatic carbocycles. The van der Waals surface area contributed by atoms with Gasteiger partial charge in [0.05, 0.1) is 11.1 Å². The molecule has 122 valence electrons. The van der Waals surface area contributed by atoms with Crippen molar-refractivity contribution in [3.8, 4) is 0 Å². The maximum atomic E-state index is 13.5. The maximum Gasteiger partial charge on any atom is 0.254 e. The van der Waals surface area contributed by atoms with Crippen LogP contribution in [0.15, 0.2) is 48.8 Å². The molecule has 0 bridgehead atoms. The number of halogens is 2. The SMILES string of the molecule is O=C(NCCNc1ncnc2cc(Cl)ccc12)c1ccccc1F. The van der Waals surface area contributed by atoms with Gasteiger partial charge in [-0.05, 0) is 30.3 Å². The molecule has 3 rings (SSSR count). The van der Waals surface area contributed by atoms with Crippen LogP contribution in [-0.4, -0.2) is 29.0 Å². The van der Waals surface area contributed by atoms with Crippen molar-refractivity contribution in [2.45, 2.75) is 0 Å². The first-order valence-corrected chi connectivity index (χ1v) is 7.70. The van der Waals surface area contributed by atoms with E-state index in [-0.39, 0.29) is 5.56 Å². The zero-order chi connectivity index (χ0) is 16.9. The lowest BCUT2D eigenvalue weighted by Gasteiger charge is -2.09. The van der Waals surface area contributed by atoms with E-state index in [0.717, 1.165) is 10.9 Å². The third-order valence-corrected chi connectivity index (χ3v) is 3.66. The van der Waals surface area contributed by atoms with Crippen LogP contribution >= 0.6 is 11.6 Å². The van der Waals surface area contributed by atoms with E-state index in [1.54, 1.807) is 24.3 Å². The van der Waals surface area contributed by atoms with Crippen molar-refractivity contribution in [3.63, 3.8) is 0 Å². The van der Waals surface area contributed by atoms with Gasteiger partial charge >= 0.3 is 0 Å². The number of rotatable bonds is 5. The number of aromatic nitrogens is 2. The molecule has 1 aromatic heterocycles. The lowest BCUT2D eigenvalue weighted by Crippen LogP contribution is -2.29. The van der Waals surface area contributed by atoms with Crippen molar-refractivity contribution < 1.29 is 9.18 Å². The highest BCUT2D eigenvalue weighted by atomic mass is 35.5. The molecule has 2 N–H and O–H groups in total. The molecule has 0 atom stereocenters. The number of benzene rings is 2. The van der Waals surface area contributed by atoms with Gasteiger partial charge in [0.25, 0.3) is 5.91 Å². The van der Waals surface area contributed by atoms with Crippen molar-refractivity contribution in [2.75, 3.05) is 18.4 Å². The van der Waals surface area contributed by atoms with E-state index < -0.39 is 11.7 Å². The van der Waals surface area contributed by atoms with E-state index >= 15 is 0 Å². The van der Waals surface area contributed by atoms with E-state index in [1.807, 2.05) is 6.07 Å². The van der Waals surface area contributed by atoms with Gasteiger partial charge in [-0.15, -0.1) is 0 Å². The number of nitrogens with zero attached hydrogens (tertiary/aromatic N) is 2. The molecular weight excluding hydrogens is 331 g/mol. The van der Waals surface area contributed by atoms with Crippen LogP contribution in [0.2, 0.25) is 5.02 Å². The Morgan fingerprint density at radius 1 is 1.12 bits per heavy atom. The lowest BCUT2D eigenvalue weighted by molar-refractivity contribution is 0.0951. The number of fused-ring (bicyclic) bond motifs is 1. The molecular formula is C17H14ClFN4O. The van der Waals surface area contributed by atoms with Gasteiger partial charge in [-0.25, -0.2) is 14.4 Å². The molecule has 5 nitrogen and oxygen atoms in total. The summed E-state index contributed by atoms with van der Waals surface area (Å²) >= 11 is 5.94. The molecule has 24 heavy (non-hydrogen) atoms. The Balaban J connectivity index is 1.59. The van der Waals surface area contributed by atoms with Crippen molar-refractivity contribution in [2.24, 2.45) is 0 Å². The van der Waals surface area contributed by atoms with Gasteiger partial charge in [-0.3, -0.25) is 4.79 Å². The number of carbonyl (C=O) groups excluding carboxylic acids is 1. The molecule has 0 fully saturated rings. The van der Waals surface area contributed by atoms with Crippen LogP contribution in [0.1, 0.15) is 10.4 Å². The number of amides is 1. The predicted molar refractivity (Wildman–Crippen MR) is 91.8 cm³/mol. The number of nitrogens with one attached hydrogen (secondary N) is 2. The van der Waals surface area contributed by atoms with E-state index in [2.05, 4.69) is 20.6 Å². The monoisotopic (exact) mass is 344 g/mol. The Kier molecular flexibility index (Phi) is 4.86. The molecule has 0 spiro atoms. The molecule has 3 aromatic rings. The topological polar surface area (TPSA) is 66.9 Å². The van der Waals surface area contributed by atoms with Gasteiger partial charge in [0, 0.05) is 23.5 Å². The summed E-state index contributed by atoms with van der Waals surface area (Å²) in [6.45, 7) is 0.765. The molecule has 1 amide bonds. The summed E-state index contributed by atoms with van der Waals surface area (Å²) in [6, 6.07) is 11.2. The first kappa shape index (κ1) is 16.1. The summed E-state index contributed by atoms with van der Waals surface area (Å²) in [7, 11) is 0. The summed E-state index contributed by atoms with van der Waals surface area (Å²) in [4.78, 5) is 20.3. The number of hydrogen-bond donors (Lipinski definition) is 2. The number of carbonyl (C=O) groups is 1. The summed E-state index contributed by atoms with van der Waals surface area (Å²) in [5, 5.41) is 7.22. The summed E-state index contributed by atoms with van der Waals surface area (Å²) in [5.74, 6) is -0.340. The third kappa shape index (κ3) is 3.60. The van der Waals surface area contributed by atoms with Crippen molar-refractivity contribution >= 4 is 34.2 Å². The number of anilines is 1. The third-order valence-electron chi connectivity index (χ3n) is 3.42. The Labute approximate surface area is 142 Å². The minimum atomic E-state index is -0.540. The van der Waals surface area contributed by atoms with Gasteiger partial charge in [-0.1, -0.05) is 23.7 Å². The highest BCUT2D eigenvalue weighted by Crippen LogP contribution is 2.22. The smallest absolute Gasteiger partial charge is 0.254 e. The fourth-order valence-corrected chi connectivity index (χ4v) is 2.43. The highest BCUT2D eigenvalue weighted by Gasteiger charge is 2.10. The second kappa shape index (κ2) is 7.23. The molecule has 0 unspecified atom stereocenters. The Hall–Kier alpha value is -2.73. The zero-order valence-electron chi connectivity index (χ0n) is 12.6. The Morgan fingerprint density at radius 3 is 2.79 bits per heavy atom. The summed E-state index contributed by atoms with van der Waals surface area (Å²) in [6.07, 6.45) is 1.44. The molecule has 0 aliphatic carbocycles. The fraction of sp³-hybridized carbons (Fsp3) is 0.118. The Morgan fingerprint density at radius 2 is 1.96 bits per heavy atom. The molecule has 1 heterocycles. The summed E-state index contributed by atoms with van der Waals surface area (Å²) < 4.78 is 13.5. The minimum absolute atomic E-state index is 0.0274. The molecule has 7 heteroatoms. The van der Waals surface area contributed by atoms with Gasteiger partial charge in [-0.2, -0.15) is 0 Å². The van der Waals surface area contributed by atoms with Crippen LogP contribution in [0.5, 0.6) is 0 Å². The van der Waals surface area contributed by atoms with Crippen molar-refractivity contribution in [3.05, 3.63) is 65.2 Å². The molecule has 0 saturated carbocycles. The summed E-state index contributed by atoms with van der Waals surface area (Å²) in [5.41, 5.74) is 0.759. The van der Waals surface area contributed by atoms with Gasteiger partial charge in [0.2, 0.25) is 0 Å². The van der Waals surface area contributed by atoms with E-state index in [4.69, 9.17) is 11.6 Å². The van der Waals surface area contributed by atoms with Gasteiger partial charge in [0.15, 0.2) is 0 Å². The van der Waals surface area contributed by atoms with E-state index in [1.165, 1.54) is 18.5 Å². The Bertz CT molecular complexity index is 887. The van der Waals surface area contributed by atoms with Crippen molar-refractivity contribution in [1.29, 1.82) is 0 Å². The second-order valence-electron chi connectivity index (χ2n) is 5.05. The predicted octanol–water partition coefficient (Wildman–Crippen LogP) is 3.26. The van der Waals surface area contributed by atoms with Gasteiger partial charge < -0.3 is 10.6 Å². The van der Waals surface area contributed by atoms with Crippen LogP contribution in [0.3, 0.4) is 0 Å². The van der Waals surface area contributed by atoms with Gasteiger partial charge in [0.1, 0.15) is 18.0 Å². The molecule has 0 aliphatic heterocycles. The molecule has 0 saturated heterocycles. The molecule has 0 radical (unpaired) electrons. The average molecular weight is 345 g/mol. The highest BCUT2D eigenvalue weighted by molar-refractivity contribution is 6.31. The fourth-order valence-electron chi connectivity index (χ4n) is 2.27. The maximum absolute atomic E-state index is 13.5. The van der Waals surface area contributed by atoms with E-state index in [0.29, 0.717) is 23.9 Å².